The Hall–Kier alpha value is -1.42. The Kier molecular flexibility index (Phi) is 3.74. The highest BCUT2D eigenvalue weighted by Crippen LogP contribution is 2.38. The molecule has 0 amide bonds. The van der Waals surface area contributed by atoms with E-state index in [1.807, 2.05) is 24.3 Å². The van der Waals surface area contributed by atoms with E-state index in [0.29, 0.717) is 11.2 Å². The maximum atomic E-state index is 13.1. The zero-order chi connectivity index (χ0) is 15.0. The van der Waals surface area contributed by atoms with Gasteiger partial charge in [-0.3, -0.25) is 0 Å². The van der Waals surface area contributed by atoms with Crippen molar-refractivity contribution in [2.45, 2.75) is 3.79 Å². The highest BCUT2D eigenvalue weighted by Gasteiger charge is 2.28. The van der Waals surface area contributed by atoms with Crippen molar-refractivity contribution in [1.82, 2.24) is 9.97 Å². The molecule has 0 fully saturated rings. The monoisotopic (exact) mass is 340 g/mol. The molecule has 1 heterocycles. The average Bonchev–Trinajstić information content (AvgIpc) is 2.46. The summed E-state index contributed by atoms with van der Waals surface area (Å²) in [5.74, 6) is -0.232. The lowest BCUT2D eigenvalue weighted by Crippen LogP contribution is -2.08. The number of aromatic nitrogens is 2. The van der Waals surface area contributed by atoms with E-state index >= 15 is 0 Å². The van der Waals surface area contributed by atoms with Crippen LogP contribution in [0.25, 0.3) is 22.2 Å². The van der Waals surface area contributed by atoms with Crippen LogP contribution in [-0.2, 0) is 3.79 Å². The minimum atomic E-state index is -1.72. The van der Waals surface area contributed by atoms with Crippen molar-refractivity contribution >= 4 is 45.7 Å². The normalized spacial score (nSPS) is 11.8. The zero-order valence-electron chi connectivity index (χ0n) is 10.5. The van der Waals surface area contributed by atoms with Crippen LogP contribution >= 0.6 is 34.8 Å². The number of hydrogen-bond acceptors (Lipinski definition) is 2. The molecule has 3 aromatic rings. The molecule has 0 aliphatic rings. The summed E-state index contributed by atoms with van der Waals surface area (Å²) < 4.78 is 11.4. The van der Waals surface area contributed by atoms with E-state index in [9.17, 15) is 4.39 Å². The summed E-state index contributed by atoms with van der Waals surface area (Å²) in [6.45, 7) is 0. The molecule has 0 aliphatic carbocycles. The van der Waals surface area contributed by atoms with Crippen molar-refractivity contribution in [2.24, 2.45) is 0 Å². The van der Waals surface area contributed by atoms with E-state index in [4.69, 9.17) is 34.8 Å². The third-order valence-corrected chi connectivity index (χ3v) is 3.48. The molecular weight excluding hydrogens is 334 g/mol. The van der Waals surface area contributed by atoms with Crippen molar-refractivity contribution in [2.75, 3.05) is 0 Å². The molecule has 0 N–H and O–H groups in total. The highest BCUT2D eigenvalue weighted by atomic mass is 35.6. The number of hydrogen-bond donors (Lipinski definition) is 0. The van der Waals surface area contributed by atoms with Gasteiger partial charge in [-0.05, 0) is 30.3 Å². The van der Waals surface area contributed by atoms with Crippen LogP contribution in [0.15, 0.2) is 48.5 Å². The third kappa shape index (κ3) is 2.95. The fourth-order valence-electron chi connectivity index (χ4n) is 2.03. The van der Waals surface area contributed by atoms with Gasteiger partial charge in [0.2, 0.25) is 3.79 Å². The molecule has 0 radical (unpaired) electrons. The third-order valence-electron chi connectivity index (χ3n) is 2.97. The lowest BCUT2D eigenvalue weighted by Gasteiger charge is -2.13. The minimum Gasteiger partial charge on any atom is -0.228 e. The summed E-state index contributed by atoms with van der Waals surface area (Å²) in [6.07, 6.45) is 0. The van der Waals surface area contributed by atoms with Crippen LogP contribution in [0.1, 0.15) is 5.82 Å². The Morgan fingerprint density at radius 1 is 0.857 bits per heavy atom. The van der Waals surface area contributed by atoms with Crippen molar-refractivity contribution in [3.8, 4) is 11.3 Å². The van der Waals surface area contributed by atoms with Gasteiger partial charge in [-0.2, -0.15) is 0 Å². The number of benzene rings is 2. The molecule has 3 rings (SSSR count). The fraction of sp³-hybridized carbons (Fsp3) is 0.0667. The average molecular weight is 342 g/mol. The van der Waals surface area contributed by atoms with E-state index in [1.165, 1.54) is 12.1 Å². The summed E-state index contributed by atoms with van der Waals surface area (Å²) in [5.41, 5.74) is 1.99. The van der Waals surface area contributed by atoms with Crippen molar-refractivity contribution < 1.29 is 4.39 Å². The van der Waals surface area contributed by atoms with Crippen LogP contribution in [0.2, 0.25) is 0 Å². The van der Waals surface area contributed by atoms with Crippen LogP contribution in [0.4, 0.5) is 4.39 Å². The number of alkyl halides is 3. The summed E-state index contributed by atoms with van der Waals surface area (Å²) in [7, 11) is 0. The maximum Gasteiger partial charge on any atom is 0.250 e. The van der Waals surface area contributed by atoms with Gasteiger partial charge in [0.05, 0.1) is 11.2 Å². The Balaban J connectivity index is 2.31. The maximum absolute atomic E-state index is 13.1. The molecule has 0 saturated heterocycles. The van der Waals surface area contributed by atoms with Gasteiger partial charge in [-0.1, -0.05) is 53.0 Å². The molecule has 106 valence electrons. The van der Waals surface area contributed by atoms with Gasteiger partial charge in [-0.15, -0.1) is 0 Å². The molecule has 0 unspecified atom stereocenters. The second-order valence-corrected chi connectivity index (χ2v) is 6.70. The number of fused-ring (bicyclic) bond motifs is 1. The van der Waals surface area contributed by atoms with Crippen molar-refractivity contribution in [3.05, 3.63) is 60.2 Å². The van der Waals surface area contributed by atoms with E-state index in [1.54, 1.807) is 12.1 Å². The number of nitrogens with zero attached hydrogens (tertiary/aromatic N) is 2. The molecule has 0 aliphatic heterocycles. The Labute approximate surface area is 135 Å². The van der Waals surface area contributed by atoms with Crippen LogP contribution < -0.4 is 0 Å². The predicted molar refractivity (Wildman–Crippen MR) is 84.2 cm³/mol. The van der Waals surface area contributed by atoms with Gasteiger partial charge in [0.25, 0.3) is 0 Å². The first-order valence-corrected chi connectivity index (χ1v) is 7.18. The van der Waals surface area contributed by atoms with Crippen molar-refractivity contribution in [3.63, 3.8) is 0 Å². The quantitative estimate of drug-likeness (QED) is 0.564. The Morgan fingerprint density at radius 3 is 2.19 bits per heavy atom. The molecule has 1 aromatic heterocycles. The molecule has 6 heteroatoms. The van der Waals surface area contributed by atoms with Gasteiger partial charge in [0.15, 0.2) is 5.82 Å². The summed E-state index contributed by atoms with van der Waals surface area (Å²) in [5, 5.41) is 0.808. The molecule has 0 atom stereocenters. The summed E-state index contributed by atoms with van der Waals surface area (Å²) in [6, 6.07) is 13.4. The van der Waals surface area contributed by atoms with Gasteiger partial charge in [0, 0.05) is 10.9 Å². The molecular formula is C15H8Cl3FN2. The topological polar surface area (TPSA) is 25.8 Å². The molecule has 2 aromatic carbocycles. The largest absolute Gasteiger partial charge is 0.250 e. The van der Waals surface area contributed by atoms with Gasteiger partial charge >= 0.3 is 0 Å². The molecule has 0 saturated carbocycles. The first-order valence-electron chi connectivity index (χ1n) is 6.05. The van der Waals surface area contributed by atoms with E-state index in [2.05, 4.69) is 9.97 Å². The predicted octanol–water partition coefficient (Wildman–Crippen LogP) is 5.26. The van der Waals surface area contributed by atoms with E-state index < -0.39 is 3.79 Å². The standard InChI is InChI=1S/C15H8Cl3FN2/c16-15(17,18)14-20-12-4-2-1-3-11(12)13(21-14)9-5-7-10(19)8-6-9/h1-8H. The zero-order valence-corrected chi connectivity index (χ0v) is 12.8. The number of para-hydroxylation sites is 1. The van der Waals surface area contributed by atoms with Crippen LogP contribution in [0.5, 0.6) is 0 Å². The van der Waals surface area contributed by atoms with Gasteiger partial charge in [0.1, 0.15) is 5.82 Å². The SMILES string of the molecule is Fc1ccc(-c2nc(C(Cl)(Cl)Cl)nc3ccccc23)cc1. The van der Waals surface area contributed by atoms with Gasteiger partial charge in [-0.25, -0.2) is 14.4 Å². The number of halogens is 4. The first kappa shape index (κ1) is 14.5. The molecule has 0 spiro atoms. The second kappa shape index (κ2) is 5.41. The molecule has 2 nitrogen and oxygen atoms in total. The number of rotatable bonds is 1. The smallest absolute Gasteiger partial charge is 0.228 e. The summed E-state index contributed by atoms with van der Waals surface area (Å²) in [4.78, 5) is 8.61. The first-order chi connectivity index (χ1) is 9.95. The van der Waals surface area contributed by atoms with E-state index in [-0.39, 0.29) is 11.6 Å². The fourth-order valence-corrected chi connectivity index (χ4v) is 2.28. The lowest BCUT2D eigenvalue weighted by atomic mass is 10.1. The Bertz CT molecular complexity index is 798. The lowest BCUT2D eigenvalue weighted by molar-refractivity contribution is 0.628. The molecule has 21 heavy (non-hydrogen) atoms. The van der Waals surface area contributed by atoms with Gasteiger partial charge < -0.3 is 0 Å². The van der Waals surface area contributed by atoms with Crippen LogP contribution in [0, 0.1) is 5.82 Å². The highest BCUT2D eigenvalue weighted by molar-refractivity contribution is 6.66. The van der Waals surface area contributed by atoms with E-state index in [0.717, 1.165) is 10.9 Å². The summed E-state index contributed by atoms with van der Waals surface area (Å²) >= 11 is 17.7. The second-order valence-electron chi connectivity index (χ2n) is 4.42. The minimum absolute atomic E-state index is 0.0884. The molecule has 0 bridgehead atoms. The Morgan fingerprint density at radius 2 is 1.52 bits per heavy atom. The van der Waals surface area contributed by atoms with Crippen LogP contribution in [0.3, 0.4) is 0 Å². The van der Waals surface area contributed by atoms with Crippen LogP contribution in [-0.4, -0.2) is 9.97 Å². The van der Waals surface area contributed by atoms with Crippen molar-refractivity contribution in [1.29, 1.82) is 0 Å².